The normalized spacial score (nSPS) is 10.8. The van der Waals surface area contributed by atoms with Gasteiger partial charge in [0.25, 0.3) is 0 Å². The zero-order valence-electron chi connectivity index (χ0n) is 12.3. The van der Waals surface area contributed by atoms with E-state index in [2.05, 4.69) is 0 Å². The summed E-state index contributed by atoms with van der Waals surface area (Å²) in [7, 11) is 0. The van der Waals surface area contributed by atoms with Crippen LogP contribution in [0, 0.1) is 27.7 Å². The molecule has 0 spiro atoms. The predicted molar refractivity (Wildman–Crippen MR) is 79.6 cm³/mol. The first-order valence-electron chi connectivity index (χ1n) is 6.62. The maximum Gasteiger partial charge on any atom is 0.125 e. The topological polar surface area (TPSA) is 60.7 Å². The monoisotopic (exact) mass is 272 g/mol. The smallest absolute Gasteiger partial charge is 0.125 e. The Morgan fingerprint density at radius 1 is 0.800 bits per heavy atom. The number of aromatic hydroxyl groups is 3. The minimum absolute atomic E-state index is 0.0987. The van der Waals surface area contributed by atoms with Crippen LogP contribution in [0.25, 0.3) is 0 Å². The number of benzene rings is 2. The average Bonchev–Trinajstić information content (AvgIpc) is 2.41. The Hall–Kier alpha value is -2.16. The number of phenolic OH excluding ortho intramolecular Hbond substituents is 3. The van der Waals surface area contributed by atoms with Crippen LogP contribution in [-0.4, -0.2) is 15.3 Å². The van der Waals surface area contributed by atoms with Crippen LogP contribution >= 0.6 is 0 Å². The maximum absolute atomic E-state index is 10.1. The number of aryl methyl sites for hydroxylation is 1. The Kier molecular flexibility index (Phi) is 3.62. The van der Waals surface area contributed by atoms with Gasteiger partial charge in [-0.15, -0.1) is 0 Å². The second-order valence-electron chi connectivity index (χ2n) is 5.34. The van der Waals surface area contributed by atoms with Crippen LogP contribution in [0.3, 0.4) is 0 Å². The second kappa shape index (κ2) is 5.08. The SMILES string of the molecule is Cc1cc(O)c(C)c(C)c1Cc1ccc(O)c(C)c1O. The summed E-state index contributed by atoms with van der Waals surface area (Å²) in [6.07, 6.45) is 0.575. The van der Waals surface area contributed by atoms with Gasteiger partial charge in [-0.25, -0.2) is 0 Å². The molecule has 0 aromatic heterocycles. The van der Waals surface area contributed by atoms with E-state index >= 15 is 0 Å². The van der Waals surface area contributed by atoms with Crippen LogP contribution in [0.15, 0.2) is 18.2 Å². The lowest BCUT2D eigenvalue weighted by Crippen LogP contribution is -1.99. The first kappa shape index (κ1) is 14.3. The van der Waals surface area contributed by atoms with Crippen molar-refractivity contribution in [3.63, 3.8) is 0 Å². The Morgan fingerprint density at radius 3 is 2.10 bits per heavy atom. The van der Waals surface area contributed by atoms with E-state index in [0.29, 0.717) is 17.7 Å². The molecule has 0 atom stereocenters. The average molecular weight is 272 g/mol. The third-order valence-electron chi connectivity index (χ3n) is 4.08. The highest BCUT2D eigenvalue weighted by Crippen LogP contribution is 2.34. The van der Waals surface area contributed by atoms with Crippen molar-refractivity contribution in [2.45, 2.75) is 34.1 Å². The first-order chi connectivity index (χ1) is 9.32. The van der Waals surface area contributed by atoms with Crippen LogP contribution in [0.1, 0.15) is 33.4 Å². The lowest BCUT2D eigenvalue weighted by Gasteiger charge is -2.15. The molecule has 0 unspecified atom stereocenters. The standard InChI is InChI=1S/C17H20O3/c1-9-7-16(19)11(3)10(2)14(9)8-13-5-6-15(18)12(4)17(13)20/h5-7,18-20H,8H2,1-4H3. The van der Waals surface area contributed by atoms with Crippen LogP contribution in [0.4, 0.5) is 0 Å². The summed E-state index contributed by atoms with van der Waals surface area (Å²) >= 11 is 0. The highest BCUT2D eigenvalue weighted by molar-refractivity contribution is 5.53. The molecule has 0 bridgehead atoms. The van der Waals surface area contributed by atoms with E-state index in [4.69, 9.17) is 0 Å². The summed E-state index contributed by atoms with van der Waals surface area (Å²) in [5.74, 6) is 0.533. The zero-order chi connectivity index (χ0) is 15.0. The maximum atomic E-state index is 10.1. The molecular weight excluding hydrogens is 252 g/mol. The van der Waals surface area contributed by atoms with Crippen molar-refractivity contribution >= 4 is 0 Å². The lowest BCUT2D eigenvalue weighted by atomic mass is 9.91. The van der Waals surface area contributed by atoms with E-state index in [-0.39, 0.29) is 11.5 Å². The third-order valence-corrected chi connectivity index (χ3v) is 4.08. The molecule has 0 radical (unpaired) electrons. The van der Waals surface area contributed by atoms with E-state index in [1.54, 1.807) is 25.1 Å². The third kappa shape index (κ3) is 2.31. The number of hydrogen-bond acceptors (Lipinski definition) is 3. The van der Waals surface area contributed by atoms with Gasteiger partial charge in [0, 0.05) is 12.0 Å². The summed E-state index contributed by atoms with van der Waals surface area (Å²) in [6.45, 7) is 7.50. The van der Waals surface area contributed by atoms with Gasteiger partial charge in [-0.2, -0.15) is 0 Å². The molecule has 3 N–H and O–H groups in total. The van der Waals surface area contributed by atoms with E-state index in [1.807, 2.05) is 20.8 Å². The molecule has 2 aromatic rings. The largest absolute Gasteiger partial charge is 0.508 e. The Bertz CT molecular complexity index is 673. The molecule has 0 fully saturated rings. The number of rotatable bonds is 2. The van der Waals surface area contributed by atoms with Gasteiger partial charge in [0.15, 0.2) is 0 Å². The zero-order valence-corrected chi connectivity index (χ0v) is 12.3. The van der Waals surface area contributed by atoms with Crippen molar-refractivity contribution in [2.75, 3.05) is 0 Å². The summed E-state index contributed by atoms with van der Waals surface area (Å²) in [5.41, 5.74) is 5.26. The molecule has 0 amide bonds. The van der Waals surface area contributed by atoms with Gasteiger partial charge in [-0.1, -0.05) is 6.07 Å². The van der Waals surface area contributed by atoms with Gasteiger partial charge in [-0.3, -0.25) is 0 Å². The van der Waals surface area contributed by atoms with E-state index in [1.165, 1.54) is 0 Å². The van der Waals surface area contributed by atoms with Crippen LogP contribution in [0.5, 0.6) is 17.2 Å². The molecule has 20 heavy (non-hydrogen) atoms. The molecule has 0 aliphatic heterocycles. The van der Waals surface area contributed by atoms with Crippen LogP contribution in [-0.2, 0) is 6.42 Å². The fourth-order valence-corrected chi connectivity index (χ4v) is 2.47. The fourth-order valence-electron chi connectivity index (χ4n) is 2.47. The minimum Gasteiger partial charge on any atom is -0.508 e. The van der Waals surface area contributed by atoms with Crippen LogP contribution < -0.4 is 0 Å². The van der Waals surface area contributed by atoms with Gasteiger partial charge >= 0.3 is 0 Å². The highest BCUT2D eigenvalue weighted by atomic mass is 16.3. The molecule has 2 aromatic carbocycles. The summed E-state index contributed by atoms with van der Waals surface area (Å²) < 4.78 is 0. The molecular formula is C17H20O3. The predicted octanol–water partition coefficient (Wildman–Crippen LogP) is 3.63. The van der Waals surface area contributed by atoms with Gasteiger partial charge < -0.3 is 15.3 Å². The summed E-state index contributed by atoms with van der Waals surface area (Å²) in [5, 5.41) is 29.5. The van der Waals surface area contributed by atoms with Crippen molar-refractivity contribution in [3.8, 4) is 17.2 Å². The molecule has 0 aliphatic carbocycles. The van der Waals surface area contributed by atoms with Crippen molar-refractivity contribution in [3.05, 3.63) is 51.6 Å². The molecule has 3 heteroatoms. The Balaban J connectivity index is 2.51. The van der Waals surface area contributed by atoms with E-state index < -0.39 is 0 Å². The number of phenols is 3. The lowest BCUT2D eigenvalue weighted by molar-refractivity contribution is 0.439. The highest BCUT2D eigenvalue weighted by Gasteiger charge is 2.14. The minimum atomic E-state index is 0.0987. The summed E-state index contributed by atoms with van der Waals surface area (Å²) in [4.78, 5) is 0. The van der Waals surface area contributed by atoms with Crippen molar-refractivity contribution < 1.29 is 15.3 Å². The Morgan fingerprint density at radius 2 is 1.45 bits per heavy atom. The quantitative estimate of drug-likeness (QED) is 0.782. The van der Waals surface area contributed by atoms with Crippen molar-refractivity contribution in [1.29, 1.82) is 0 Å². The molecule has 2 rings (SSSR count). The molecule has 0 saturated heterocycles. The molecule has 0 saturated carbocycles. The first-order valence-corrected chi connectivity index (χ1v) is 6.62. The van der Waals surface area contributed by atoms with Gasteiger partial charge in [0.2, 0.25) is 0 Å². The molecule has 106 valence electrons. The fraction of sp³-hybridized carbons (Fsp3) is 0.294. The Labute approximate surface area is 119 Å². The molecule has 0 heterocycles. The van der Waals surface area contributed by atoms with Gasteiger partial charge in [-0.05, 0) is 67.6 Å². The van der Waals surface area contributed by atoms with Gasteiger partial charge in [0.05, 0.1) is 0 Å². The molecule has 3 nitrogen and oxygen atoms in total. The van der Waals surface area contributed by atoms with Gasteiger partial charge in [0.1, 0.15) is 17.2 Å². The number of hydrogen-bond donors (Lipinski definition) is 3. The second-order valence-corrected chi connectivity index (χ2v) is 5.34. The van der Waals surface area contributed by atoms with Crippen molar-refractivity contribution in [2.24, 2.45) is 0 Å². The van der Waals surface area contributed by atoms with Crippen molar-refractivity contribution in [1.82, 2.24) is 0 Å². The van der Waals surface area contributed by atoms with E-state index in [0.717, 1.165) is 27.8 Å². The van der Waals surface area contributed by atoms with Crippen LogP contribution in [0.2, 0.25) is 0 Å². The molecule has 0 aliphatic rings. The van der Waals surface area contributed by atoms with E-state index in [9.17, 15) is 15.3 Å². The summed E-state index contributed by atoms with van der Waals surface area (Å²) in [6, 6.07) is 5.09.